The quantitative estimate of drug-likeness (QED) is 0.0359. The number of hydrazone groups is 1. The van der Waals surface area contributed by atoms with E-state index in [1.54, 1.807) is 0 Å². The van der Waals surface area contributed by atoms with Crippen molar-refractivity contribution in [1.29, 1.82) is 5.26 Å². The number of carbonyl (C=O) groups excluding carboxylic acids is 5. The molecule has 397 valence electrons. The molecule has 0 bridgehead atoms. The maximum atomic E-state index is 11.5. The third-order valence-corrected chi connectivity index (χ3v) is 11.6. The second-order valence-electron chi connectivity index (χ2n) is 21.3. The normalized spacial score (nSPS) is 22.2. The number of ether oxygens (including phenoxy) is 4. The van der Waals surface area contributed by atoms with Crippen molar-refractivity contribution < 1.29 is 77.3 Å². The van der Waals surface area contributed by atoms with Crippen LogP contribution in [0.1, 0.15) is 165 Å². The second kappa shape index (κ2) is 38.0. The van der Waals surface area contributed by atoms with Crippen LogP contribution in [0.4, 0.5) is 0 Å². The molecule has 5 N–H and O–H groups in total. The van der Waals surface area contributed by atoms with Crippen molar-refractivity contribution >= 4 is 44.8 Å². The van der Waals surface area contributed by atoms with Crippen LogP contribution in [-0.2, 0) is 47.8 Å². The van der Waals surface area contributed by atoms with Gasteiger partial charge in [0.2, 0.25) is 0 Å². The molecule has 6 aliphatic rings. The second-order valence-corrected chi connectivity index (χ2v) is 21.3. The van der Waals surface area contributed by atoms with Gasteiger partial charge in [0.15, 0.2) is 5.72 Å². The van der Waals surface area contributed by atoms with Gasteiger partial charge in [0.05, 0.1) is 28.4 Å². The maximum absolute atomic E-state index is 11.5. The van der Waals surface area contributed by atoms with Gasteiger partial charge in [-0.3, -0.25) is 35.5 Å². The molecule has 6 fully saturated rings. The number of rotatable bonds is 10. The average Bonchev–Trinajstić information content (AvgIpc) is 3.90. The van der Waals surface area contributed by atoms with Crippen molar-refractivity contribution in [3.63, 3.8) is 0 Å². The summed E-state index contributed by atoms with van der Waals surface area (Å²) in [5.41, 5.74) is 7.21. The fourth-order valence-corrected chi connectivity index (χ4v) is 7.45. The molecule has 4 atom stereocenters. The van der Waals surface area contributed by atoms with Crippen LogP contribution in [-0.4, -0.2) is 151 Å². The molecule has 6 rings (SSSR count). The Labute approximate surface area is 446 Å². The Hall–Kier alpha value is -2.71. The largest absolute Gasteiger partial charge is 1.00 e. The zero-order valence-electron chi connectivity index (χ0n) is 45.8. The third-order valence-electron chi connectivity index (χ3n) is 11.6. The van der Waals surface area contributed by atoms with Gasteiger partial charge in [-0.05, 0) is 113 Å². The Balaban J connectivity index is -0.000000778. The number of nitrogens with one attached hydrogen (secondary N) is 3. The number of hydrazine groups is 2. The Bertz CT molecular complexity index is 1490. The summed E-state index contributed by atoms with van der Waals surface area (Å²) in [6.45, 7) is 28.5. The van der Waals surface area contributed by atoms with Crippen LogP contribution in [0.2, 0.25) is 0 Å². The van der Waals surface area contributed by atoms with E-state index in [1.807, 2.05) is 37.0 Å². The molecular weight excluding hydrogens is 908 g/mol. The van der Waals surface area contributed by atoms with E-state index in [2.05, 4.69) is 72.3 Å². The summed E-state index contributed by atoms with van der Waals surface area (Å²) in [6, 6.07) is -0.508. The number of carbonyl (C=O) groups is 5. The Morgan fingerprint density at radius 1 is 0.714 bits per heavy atom. The fourth-order valence-electron chi connectivity index (χ4n) is 7.45. The number of hydroxylamine groups is 1. The molecule has 0 aromatic heterocycles. The molecule has 0 aromatic rings. The Morgan fingerprint density at radius 3 is 1.61 bits per heavy atom. The molecule has 0 amide bonds. The minimum Gasteiger partial charge on any atom is -0.512 e. The first-order valence-electron chi connectivity index (χ1n) is 24.4. The van der Waals surface area contributed by atoms with Gasteiger partial charge < -0.3 is 40.9 Å². The smallest absolute Gasteiger partial charge is 0.512 e. The van der Waals surface area contributed by atoms with E-state index in [1.165, 1.54) is 65.6 Å². The van der Waals surface area contributed by atoms with Gasteiger partial charge in [-0.1, -0.05) is 68.7 Å². The summed E-state index contributed by atoms with van der Waals surface area (Å²) in [5, 5.41) is 19.1. The van der Waals surface area contributed by atoms with Crippen LogP contribution in [0.5, 0.6) is 0 Å². The molecule has 1 saturated carbocycles. The Morgan fingerprint density at radius 2 is 1.20 bits per heavy atom. The number of hydrogen-bond acceptors (Lipinski definition) is 19. The summed E-state index contributed by atoms with van der Waals surface area (Å²) < 4.78 is 18.6. The van der Waals surface area contributed by atoms with E-state index in [9.17, 15) is 24.0 Å². The van der Waals surface area contributed by atoms with Crippen LogP contribution in [0.15, 0.2) is 5.10 Å². The van der Waals surface area contributed by atoms with E-state index >= 15 is 0 Å². The SMILES string of the molecule is C1CCC2(CC1)NO2.CC(C)(C)CC=O.COC(=O)C1CCCN1.COC(=O)C1CCCN1/N=C/CC(C)(C)C.COC(=O)C1CCCN1N.COC(=O)C1CCCN1NCCC(C)(C)C.[B].[C-]#N.[Na+]. The number of nitrogens with two attached hydrogens (primary N) is 1. The van der Waals surface area contributed by atoms with Crippen molar-refractivity contribution in [3.8, 4) is 0 Å². The molecule has 0 aromatic carbocycles. The molecule has 21 heteroatoms. The van der Waals surface area contributed by atoms with Crippen molar-refractivity contribution in [2.75, 3.05) is 61.2 Å². The molecule has 3 radical (unpaired) electrons. The Kier molecular flexibility index (Phi) is 38.8. The summed E-state index contributed by atoms with van der Waals surface area (Å²) >= 11 is 0. The summed E-state index contributed by atoms with van der Waals surface area (Å²) in [6.07, 6.45) is 19.7. The fraction of sp³-hybridized carbons (Fsp3) is 0.857. The zero-order valence-corrected chi connectivity index (χ0v) is 47.8. The van der Waals surface area contributed by atoms with Gasteiger partial charge in [0, 0.05) is 47.2 Å². The predicted molar refractivity (Wildman–Crippen MR) is 268 cm³/mol. The van der Waals surface area contributed by atoms with E-state index in [-0.39, 0.29) is 103 Å². The summed E-state index contributed by atoms with van der Waals surface area (Å²) in [4.78, 5) is 59.4. The first-order valence-corrected chi connectivity index (χ1v) is 24.4. The topological polar surface area (TPSA) is 253 Å². The monoisotopic (exact) mass is 1000 g/mol. The number of esters is 4. The molecule has 4 unspecified atom stereocenters. The van der Waals surface area contributed by atoms with Gasteiger partial charge in [-0.15, -0.1) is 0 Å². The van der Waals surface area contributed by atoms with E-state index in [0.717, 1.165) is 103 Å². The number of aldehydes is 1. The average molecular weight is 1000 g/mol. The molecule has 70 heavy (non-hydrogen) atoms. The van der Waals surface area contributed by atoms with Crippen molar-refractivity contribution in [2.45, 2.75) is 195 Å². The van der Waals surface area contributed by atoms with Gasteiger partial charge in [-0.25, -0.2) is 14.8 Å². The van der Waals surface area contributed by atoms with E-state index < -0.39 is 0 Å². The molecule has 5 heterocycles. The molecule has 1 spiro atoms. The third kappa shape index (κ3) is 32.4. The number of methoxy groups -OCH3 is 4. The predicted octanol–water partition coefficient (Wildman–Crippen LogP) is 2.54. The van der Waals surface area contributed by atoms with Crippen molar-refractivity contribution in [2.24, 2.45) is 27.2 Å². The zero-order chi connectivity index (χ0) is 52.0. The van der Waals surface area contributed by atoms with Crippen LogP contribution >= 0.6 is 0 Å². The molecule has 5 saturated heterocycles. The van der Waals surface area contributed by atoms with Gasteiger partial charge in [-0.2, -0.15) is 10.6 Å². The van der Waals surface area contributed by atoms with Gasteiger partial charge in [0.25, 0.3) is 0 Å². The van der Waals surface area contributed by atoms with E-state index in [4.69, 9.17) is 32.0 Å². The summed E-state index contributed by atoms with van der Waals surface area (Å²) in [5.74, 6) is 4.83. The van der Waals surface area contributed by atoms with E-state index in [0.29, 0.717) is 11.8 Å². The minimum absolute atomic E-state index is 0. The number of nitrogens with zero attached hydrogens (tertiary/aromatic N) is 5. The maximum Gasteiger partial charge on any atom is 1.00 e. The van der Waals surface area contributed by atoms with Crippen LogP contribution in [0, 0.1) is 28.1 Å². The molecule has 5 aliphatic heterocycles. The standard InChI is InChI=1S/C12H24N2O2.C12H22N2O2.C6H12N2O2.C6H11NO2.C6H11NO.C6H12O.CN.B.Na/c2*1-12(2,3)7-8-13-14-9-5-6-10(14)11(15)16-4;1-10-6(9)5-3-2-4-8(5)7;1-9-6(8)5-3-2-4-7-5;1-2-4-6(5-3-1)7-8-6;1-6(2,3)4-5-7;1-2;;/h10,13H,5-9H2,1-4H3;8,10H,5-7,9H2,1-4H3;5H,2-4,7H2,1H3;5,7H,2-4H2,1H3;7H,1-5H2;5H,4H2,1-3H3;;;/q;;;;;;-1;;+1/b;13-8+;;;;;;;. The van der Waals surface area contributed by atoms with Crippen molar-refractivity contribution in [1.82, 2.24) is 31.2 Å². The molecule has 1 aliphatic carbocycles. The van der Waals surface area contributed by atoms with Crippen LogP contribution < -0.4 is 51.6 Å². The first kappa shape index (κ1) is 71.5. The molecule has 19 nitrogen and oxygen atoms in total. The minimum atomic E-state index is -0.222. The van der Waals surface area contributed by atoms with Crippen LogP contribution in [0.3, 0.4) is 0 Å². The number of hydrogen-bond donors (Lipinski definition) is 4. The molecular formula is C49H92BN9NaO10. The summed E-state index contributed by atoms with van der Waals surface area (Å²) in [7, 11) is 5.68. The van der Waals surface area contributed by atoms with Gasteiger partial charge >= 0.3 is 53.4 Å². The first-order chi connectivity index (χ1) is 31.9. The van der Waals surface area contributed by atoms with Gasteiger partial charge in [0.1, 0.15) is 30.5 Å². The van der Waals surface area contributed by atoms with Crippen LogP contribution in [0.25, 0.3) is 0 Å². The van der Waals surface area contributed by atoms with Crippen molar-refractivity contribution in [3.05, 3.63) is 6.57 Å².